The van der Waals surface area contributed by atoms with Crippen LogP contribution in [-0.4, -0.2) is 30.6 Å². The SMILES string of the molecule is CCCCOCCCNC(=O)Cc1coc(-c2ccccc2)n1. The van der Waals surface area contributed by atoms with Crippen LogP contribution in [0.3, 0.4) is 0 Å². The summed E-state index contributed by atoms with van der Waals surface area (Å²) < 4.78 is 10.9. The van der Waals surface area contributed by atoms with Crippen LogP contribution >= 0.6 is 0 Å². The molecule has 1 heterocycles. The number of rotatable bonds is 10. The monoisotopic (exact) mass is 316 g/mol. The lowest BCUT2D eigenvalue weighted by molar-refractivity contribution is -0.120. The highest BCUT2D eigenvalue weighted by molar-refractivity contribution is 5.78. The Kier molecular flexibility index (Phi) is 7.33. The van der Waals surface area contributed by atoms with E-state index in [2.05, 4.69) is 17.2 Å². The summed E-state index contributed by atoms with van der Waals surface area (Å²) in [6.07, 6.45) is 4.81. The van der Waals surface area contributed by atoms with Gasteiger partial charge < -0.3 is 14.5 Å². The van der Waals surface area contributed by atoms with Crippen LogP contribution in [0.4, 0.5) is 0 Å². The molecule has 0 unspecified atom stereocenters. The summed E-state index contributed by atoms with van der Waals surface area (Å²) in [7, 11) is 0. The molecule has 1 aromatic carbocycles. The fourth-order valence-electron chi connectivity index (χ4n) is 2.08. The molecule has 0 saturated carbocycles. The molecule has 1 aromatic heterocycles. The van der Waals surface area contributed by atoms with Crippen molar-refractivity contribution in [1.82, 2.24) is 10.3 Å². The number of oxazole rings is 1. The third-order valence-electron chi connectivity index (χ3n) is 3.34. The first kappa shape index (κ1) is 17.2. The molecular weight excluding hydrogens is 292 g/mol. The van der Waals surface area contributed by atoms with Crippen molar-refractivity contribution in [3.8, 4) is 11.5 Å². The lowest BCUT2D eigenvalue weighted by Gasteiger charge is -2.05. The van der Waals surface area contributed by atoms with Crippen LogP contribution in [0.25, 0.3) is 11.5 Å². The van der Waals surface area contributed by atoms with Gasteiger partial charge in [0, 0.05) is 25.3 Å². The number of unbranched alkanes of at least 4 members (excludes halogenated alkanes) is 1. The van der Waals surface area contributed by atoms with Crippen LogP contribution in [0, 0.1) is 0 Å². The Morgan fingerprint density at radius 1 is 1.22 bits per heavy atom. The summed E-state index contributed by atoms with van der Waals surface area (Å²) in [5, 5.41) is 2.87. The van der Waals surface area contributed by atoms with Crippen LogP contribution in [0.5, 0.6) is 0 Å². The Bertz CT molecular complexity index is 581. The third-order valence-corrected chi connectivity index (χ3v) is 3.34. The Morgan fingerprint density at radius 2 is 2.00 bits per heavy atom. The molecule has 0 aliphatic heterocycles. The van der Waals surface area contributed by atoms with E-state index in [1.54, 1.807) is 0 Å². The molecule has 124 valence electrons. The molecule has 1 N–H and O–H groups in total. The molecule has 2 aromatic rings. The van der Waals surface area contributed by atoms with Gasteiger partial charge in [0.15, 0.2) is 0 Å². The minimum Gasteiger partial charge on any atom is -0.444 e. The van der Waals surface area contributed by atoms with E-state index in [-0.39, 0.29) is 12.3 Å². The predicted molar refractivity (Wildman–Crippen MR) is 89.0 cm³/mol. The Hall–Kier alpha value is -2.14. The Morgan fingerprint density at radius 3 is 2.78 bits per heavy atom. The van der Waals surface area contributed by atoms with Crippen molar-refractivity contribution < 1.29 is 13.9 Å². The standard InChI is InChI=1S/C18H24N2O3/c1-2-3-11-22-12-7-10-19-17(21)13-16-14-23-18(20-16)15-8-5-4-6-9-15/h4-6,8-9,14H,2-3,7,10-13H2,1H3,(H,19,21). The van der Waals surface area contributed by atoms with Gasteiger partial charge in [-0.3, -0.25) is 4.79 Å². The molecule has 0 fully saturated rings. The van der Waals surface area contributed by atoms with Crippen LogP contribution < -0.4 is 5.32 Å². The number of benzene rings is 1. The van der Waals surface area contributed by atoms with Gasteiger partial charge in [-0.1, -0.05) is 31.5 Å². The van der Waals surface area contributed by atoms with Crippen LogP contribution in [0.2, 0.25) is 0 Å². The molecule has 1 amide bonds. The van der Waals surface area contributed by atoms with Crippen molar-refractivity contribution >= 4 is 5.91 Å². The van der Waals surface area contributed by atoms with Gasteiger partial charge in [0.25, 0.3) is 0 Å². The minimum absolute atomic E-state index is 0.0496. The summed E-state index contributed by atoms with van der Waals surface area (Å²) in [5.41, 5.74) is 1.55. The van der Waals surface area contributed by atoms with E-state index in [4.69, 9.17) is 9.15 Å². The summed E-state index contributed by atoms with van der Waals surface area (Å²) in [4.78, 5) is 16.2. The molecule has 0 bridgehead atoms. The maximum absolute atomic E-state index is 11.9. The molecular formula is C18H24N2O3. The van der Waals surface area contributed by atoms with E-state index in [1.807, 2.05) is 30.3 Å². The molecule has 23 heavy (non-hydrogen) atoms. The molecule has 0 saturated heterocycles. The second kappa shape index (κ2) is 9.79. The number of amides is 1. The second-order valence-electron chi connectivity index (χ2n) is 5.36. The predicted octanol–water partition coefficient (Wildman–Crippen LogP) is 3.21. The number of hydrogen-bond acceptors (Lipinski definition) is 4. The smallest absolute Gasteiger partial charge is 0.226 e. The molecule has 0 atom stereocenters. The fourth-order valence-corrected chi connectivity index (χ4v) is 2.08. The molecule has 0 aliphatic carbocycles. The molecule has 5 nitrogen and oxygen atoms in total. The van der Waals surface area contributed by atoms with Gasteiger partial charge in [-0.05, 0) is 25.0 Å². The first-order valence-electron chi connectivity index (χ1n) is 8.14. The van der Waals surface area contributed by atoms with Crippen LogP contribution in [-0.2, 0) is 16.0 Å². The topological polar surface area (TPSA) is 64.4 Å². The maximum atomic E-state index is 11.9. The number of nitrogens with zero attached hydrogens (tertiary/aromatic N) is 1. The number of nitrogens with one attached hydrogen (secondary N) is 1. The van der Waals surface area contributed by atoms with E-state index >= 15 is 0 Å². The summed E-state index contributed by atoms with van der Waals surface area (Å²) in [6.45, 7) is 4.24. The van der Waals surface area contributed by atoms with Crippen LogP contribution in [0.1, 0.15) is 31.9 Å². The highest BCUT2D eigenvalue weighted by atomic mass is 16.5. The fraction of sp³-hybridized carbons (Fsp3) is 0.444. The van der Waals surface area contributed by atoms with Gasteiger partial charge in [-0.25, -0.2) is 4.98 Å². The molecule has 2 rings (SSSR count). The normalized spacial score (nSPS) is 10.7. The highest BCUT2D eigenvalue weighted by Crippen LogP contribution is 2.17. The quantitative estimate of drug-likeness (QED) is 0.684. The van der Waals surface area contributed by atoms with E-state index in [0.29, 0.717) is 24.7 Å². The lowest BCUT2D eigenvalue weighted by Crippen LogP contribution is -2.27. The molecule has 0 spiro atoms. The summed E-state index contributed by atoms with van der Waals surface area (Å²) in [5.74, 6) is 0.490. The van der Waals surface area contributed by atoms with Crippen molar-refractivity contribution in [3.05, 3.63) is 42.3 Å². The number of ether oxygens (including phenoxy) is 1. The van der Waals surface area contributed by atoms with Crippen molar-refractivity contribution in [3.63, 3.8) is 0 Å². The summed E-state index contributed by atoms with van der Waals surface area (Å²) >= 11 is 0. The van der Waals surface area contributed by atoms with E-state index < -0.39 is 0 Å². The number of carbonyl (C=O) groups excluding carboxylic acids is 1. The van der Waals surface area contributed by atoms with E-state index in [1.165, 1.54) is 6.26 Å². The van der Waals surface area contributed by atoms with Gasteiger partial charge in [-0.15, -0.1) is 0 Å². The molecule has 5 heteroatoms. The molecule has 0 aliphatic rings. The Labute approximate surface area is 137 Å². The minimum atomic E-state index is -0.0496. The first-order valence-corrected chi connectivity index (χ1v) is 8.14. The maximum Gasteiger partial charge on any atom is 0.226 e. The van der Waals surface area contributed by atoms with Gasteiger partial charge in [-0.2, -0.15) is 0 Å². The average Bonchev–Trinajstić information content (AvgIpc) is 3.03. The van der Waals surface area contributed by atoms with Gasteiger partial charge >= 0.3 is 0 Å². The number of aromatic nitrogens is 1. The average molecular weight is 316 g/mol. The third kappa shape index (κ3) is 6.24. The highest BCUT2D eigenvalue weighted by Gasteiger charge is 2.09. The zero-order valence-electron chi connectivity index (χ0n) is 13.6. The van der Waals surface area contributed by atoms with Gasteiger partial charge in [0.1, 0.15) is 6.26 Å². The first-order chi connectivity index (χ1) is 11.3. The largest absolute Gasteiger partial charge is 0.444 e. The van der Waals surface area contributed by atoms with E-state index in [0.717, 1.165) is 31.4 Å². The zero-order chi connectivity index (χ0) is 16.3. The second-order valence-corrected chi connectivity index (χ2v) is 5.36. The molecule has 0 radical (unpaired) electrons. The van der Waals surface area contributed by atoms with Crippen molar-refractivity contribution in [2.24, 2.45) is 0 Å². The summed E-state index contributed by atoms with van der Waals surface area (Å²) in [6, 6.07) is 9.64. The van der Waals surface area contributed by atoms with Crippen molar-refractivity contribution in [2.75, 3.05) is 19.8 Å². The lowest BCUT2D eigenvalue weighted by atomic mass is 10.2. The van der Waals surface area contributed by atoms with E-state index in [9.17, 15) is 4.79 Å². The van der Waals surface area contributed by atoms with Crippen LogP contribution in [0.15, 0.2) is 41.0 Å². The van der Waals surface area contributed by atoms with Crippen molar-refractivity contribution in [2.45, 2.75) is 32.6 Å². The zero-order valence-corrected chi connectivity index (χ0v) is 13.6. The van der Waals surface area contributed by atoms with Gasteiger partial charge in [0.05, 0.1) is 12.1 Å². The van der Waals surface area contributed by atoms with Crippen molar-refractivity contribution in [1.29, 1.82) is 0 Å². The Balaban J connectivity index is 1.67. The number of hydrogen-bond donors (Lipinski definition) is 1. The number of carbonyl (C=O) groups is 1. The van der Waals surface area contributed by atoms with Gasteiger partial charge in [0.2, 0.25) is 11.8 Å².